The predicted molar refractivity (Wildman–Crippen MR) is 73.9 cm³/mol. The smallest absolute Gasteiger partial charge is 0.154 e. The van der Waals surface area contributed by atoms with Crippen LogP contribution in [0.2, 0.25) is 0 Å². The van der Waals surface area contributed by atoms with Crippen LogP contribution in [-0.4, -0.2) is 18.9 Å². The van der Waals surface area contributed by atoms with Crippen molar-refractivity contribution >= 4 is 5.78 Å². The first-order valence-electron chi connectivity index (χ1n) is 6.35. The van der Waals surface area contributed by atoms with Gasteiger partial charge in [0, 0.05) is 12.0 Å². The fraction of sp³-hybridized carbons (Fsp3) is 0.533. The number of hydrogen-bond acceptors (Lipinski definition) is 3. The van der Waals surface area contributed by atoms with Crippen LogP contribution in [-0.2, 0) is 11.2 Å². The third-order valence-corrected chi connectivity index (χ3v) is 2.94. The van der Waals surface area contributed by atoms with Gasteiger partial charge in [-0.15, -0.1) is 0 Å². The van der Waals surface area contributed by atoms with Crippen LogP contribution in [0.4, 0.5) is 0 Å². The van der Waals surface area contributed by atoms with Gasteiger partial charge in [-0.2, -0.15) is 0 Å². The average Bonchev–Trinajstić information content (AvgIpc) is 2.28. The van der Waals surface area contributed by atoms with Crippen LogP contribution < -0.4 is 10.5 Å². The summed E-state index contributed by atoms with van der Waals surface area (Å²) >= 11 is 0. The molecule has 0 amide bonds. The first kappa shape index (κ1) is 14.7. The van der Waals surface area contributed by atoms with Crippen LogP contribution in [0.5, 0.6) is 5.75 Å². The monoisotopic (exact) mass is 249 g/mol. The van der Waals surface area contributed by atoms with E-state index in [1.54, 1.807) is 7.11 Å². The minimum Gasteiger partial charge on any atom is -0.496 e. The van der Waals surface area contributed by atoms with E-state index < -0.39 is 0 Å². The molecule has 0 bridgehead atoms. The Hall–Kier alpha value is -1.35. The Morgan fingerprint density at radius 3 is 2.61 bits per heavy atom. The molecule has 18 heavy (non-hydrogen) atoms. The number of nitrogens with two attached hydrogens (primary N) is 1. The van der Waals surface area contributed by atoms with Gasteiger partial charge < -0.3 is 10.5 Å². The molecular weight excluding hydrogens is 226 g/mol. The van der Waals surface area contributed by atoms with Gasteiger partial charge in [0.15, 0.2) is 5.78 Å². The molecule has 1 unspecified atom stereocenters. The van der Waals surface area contributed by atoms with Crippen LogP contribution >= 0.6 is 0 Å². The van der Waals surface area contributed by atoms with E-state index in [0.29, 0.717) is 12.3 Å². The zero-order valence-corrected chi connectivity index (χ0v) is 11.7. The summed E-state index contributed by atoms with van der Waals surface area (Å²) in [7, 11) is 1.62. The number of carbonyl (C=O) groups excluding carboxylic acids is 1. The highest BCUT2D eigenvalue weighted by Crippen LogP contribution is 2.21. The maximum absolute atomic E-state index is 12.0. The second-order valence-electron chi connectivity index (χ2n) is 5.19. The first-order valence-corrected chi connectivity index (χ1v) is 6.35. The lowest BCUT2D eigenvalue weighted by molar-refractivity contribution is -0.120. The van der Waals surface area contributed by atoms with Crippen molar-refractivity contribution in [3.63, 3.8) is 0 Å². The van der Waals surface area contributed by atoms with Gasteiger partial charge in [0.05, 0.1) is 13.2 Å². The second kappa shape index (κ2) is 6.55. The number of aryl methyl sites for hydroxylation is 1. The van der Waals surface area contributed by atoms with Gasteiger partial charge in [-0.1, -0.05) is 31.5 Å². The molecule has 0 aliphatic carbocycles. The molecule has 100 valence electrons. The number of ether oxygens (including phenoxy) is 1. The summed E-state index contributed by atoms with van der Waals surface area (Å²) in [6.45, 7) is 6.14. The van der Waals surface area contributed by atoms with Crippen LogP contribution in [0.25, 0.3) is 0 Å². The Morgan fingerprint density at radius 2 is 2.06 bits per heavy atom. The number of carbonyl (C=O) groups is 1. The Kier molecular flexibility index (Phi) is 5.35. The molecule has 0 aliphatic rings. The van der Waals surface area contributed by atoms with E-state index in [2.05, 4.69) is 13.8 Å². The molecule has 3 nitrogen and oxygen atoms in total. The van der Waals surface area contributed by atoms with E-state index in [1.165, 1.54) is 0 Å². The number of benzene rings is 1. The zero-order valence-electron chi connectivity index (χ0n) is 11.7. The number of methoxy groups -OCH3 is 1. The molecule has 2 N–H and O–H groups in total. The number of ketones is 1. The molecule has 1 atom stereocenters. The quantitative estimate of drug-likeness (QED) is 0.842. The van der Waals surface area contributed by atoms with Crippen molar-refractivity contribution in [3.8, 4) is 5.75 Å². The van der Waals surface area contributed by atoms with E-state index in [0.717, 1.165) is 23.3 Å². The summed E-state index contributed by atoms with van der Waals surface area (Å²) in [4.78, 5) is 12.0. The van der Waals surface area contributed by atoms with E-state index in [-0.39, 0.29) is 11.8 Å². The van der Waals surface area contributed by atoms with E-state index in [1.807, 2.05) is 25.1 Å². The summed E-state index contributed by atoms with van der Waals surface area (Å²) in [5.74, 6) is 1.27. The molecule has 0 aliphatic heterocycles. The topological polar surface area (TPSA) is 52.3 Å². The number of hydrogen-bond donors (Lipinski definition) is 1. The lowest BCUT2D eigenvalue weighted by atomic mass is 9.96. The van der Waals surface area contributed by atoms with Crippen molar-refractivity contribution < 1.29 is 9.53 Å². The van der Waals surface area contributed by atoms with Crippen molar-refractivity contribution in [3.05, 3.63) is 29.3 Å². The first-order chi connectivity index (χ1) is 8.43. The van der Waals surface area contributed by atoms with Crippen molar-refractivity contribution in [2.24, 2.45) is 11.7 Å². The fourth-order valence-corrected chi connectivity index (χ4v) is 2.00. The van der Waals surface area contributed by atoms with Gasteiger partial charge in [0.2, 0.25) is 0 Å². The van der Waals surface area contributed by atoms with Crippen LogP contribution in [0.15, 0.2) is 18.2 Å². The van der Waals surface area contributed by atoms with Crippen molar-refractivity contribution in [1.82, 2.24) is 0 Å². The van der Waals surface area contributed by atoms with Gasteiger partial charge in [0.25, 0.3) is 0 Å². The van der Waals surface area contributed by atoms with Gasteiger partial charge in [-0.3, -0.25) is 4.79 Å². The Balaban J connectivity index is 2.77. The van der Waals surface area contributed by atoms with Crippen LogP contribution in [0.1, 0.15) is 31.4 Å². The van der Waals surface area contributed by atoms with E-state index in [4.69, 9.17) is 10.5 Å². The van der Waals surface area contributed by atoms with Gasteiger partial charge >= 0.3 is 0 Å². The third-order valence-electron chi connectivity index (χ3n) is 2.94. The molecule has 0 saturated heterocycles. The largest absolute Gasteiger partial charge is 0.496 e. The van der Waals surface area contributed by atoms with Crippen LogP contribution in [0.3, 0.4) is 0 Å². The van der Waals surface area contributed by atoms with Crippen molar-refractivity contribution in [2.75, 3.05) is 7.11 Å². The molecule has 0 heterocycles. The van der Waals surface area contributed by atoms with Crippen molar-refractivity contribution in [2.45, 2.75) is 39.7 Å². The minimum atomic E-state index is -0.379. The van der Waals surface area contributed by atoms with Crippen LogP contribution in [0, 0.1) is 12.8 Å². The van der Waals surface area contributed by atoms with Gasteiger partial charge in [-0.25, -0.2) is 0 Å². The predicted octanol–water partition coefficient (Wildman–Crippen LogP) is 2.49. The zero-order chi connectivity index (χ0) is 13.7. The van der Waals surface area contributed by atoms with Gasteiger partial charge in [0.1, 0.15) is 5.75 Å². The molecular formula is C15H23NO2. The molecule has 0 fully saturated rings. The molecule has 0 radical (unpaired) electrons. The van der Waals surface area contributed by atoms with Gasteiger partial charge in [-0.05, 0) is 25.3 Å². The molecule has 0 aromatic heterocycles. The van der Waals surface area contributed by atoms with E-state index >= 15 is 0 Å². The maximum Gasteiger partial charge on any atom is 0.154 e. The summed E-state index contributed by atoms with van der Waals surface area (Å²) in [5, 5.41) is 0. The Morgan fingerprint density at radius 1 is 1.39 bits per heavy atom. The molecule has 0 saturated carbocycles. The SMILES string of the molecule is COc1ccc(C)cc1CC(=O)C(N)CC(C)C. The summed E-state index contributed by atoms with van der Waals surface area (Å²) in [5.41, 5.74) is 7.94. The normalized spacial score (nSPS) is 12.6. The lowest BCUT2D eigenvalue weighted by Crippen LogP contribution is -2.33. The van der Waals surface area contributed by atoms with Crippen molar-refractivity contribution in [1.29, 1.82) is 0 Å². The lowest BCUT2D eigenvalue weighted by Gasteiger charge is -2.14. The molecule has 1 aromatic carbocycles. The summed E-state index contributed by atoms with van der Waals surface area (Å²) < 4.78 is 5.27. The molecule has 1 aromatic rings. The summed E-state index contributed by atoms with van der Waals surface area (Å²) in [6, 6.07) is 5.47. The number of Topliss-reactive ketones (excluding diaryl/α,β-unsaturated/α-hetero) is 1. The minimum absolute atomic E-state index is 0.0765. The highest BCUT2D eigenvalue weighted by atomic mass is 16.5. The summed E-state index contributed by atoms with van der Waals surface area (Å²) in [6.07, 6.45) is 1.08. The highest BCUT2D eigenvalue weighted by Gasteiger charge is 2.17. The van der Waals surface area contributed by atoms with E-state index in [9.17, 15) is 4.79 Å². The highest BCUT2D eigenvalue weighted by molar-refractivity contribution is 5.86. The number of rotatable bonds is 6. The molecule has 0 spiro atoms. The molecule has 3 heteroatoms. The average molecular weight is 249 g/mol. The third kappa shape index (κ3) is 4.15. The Bertz CT molecular complexity index is 413. The maximum atomic E-state index is 12.0. The fourth-order valence-electron chi connectivity index (χ4n) is 2.00. The molecule has 1 rings (SSSR count). The standard InChI is InChI=1S/C15H23NO2/c1-10(2)7-13(16)14(17)9-12-8-11(3)5-6-15(12)18-4/h5-6,8,10,13H,7,9,16H2,1-4H3. The second-order valence-corrected chi connectivity index (χ2v) is 5.19. The Labute approximate surface area is 109 Å².